The number of sulfone groups is 1. The van der Waals surface area contributed by atoms with Crippen molar-refractivity contribution in [3.05, 3.63) is 47.8 Å². The Kier molecular flexibility index (Phi) is 8.66. The second-order valence-corrected chi connectivity index (χ2v) is 9.65. The quantitative estimate of drug-likeness (QED) is 0.541. The standard InChI is InChI=1S/C21H33N3O3S/c1-18(2)11-15-28(25,26)21-22-16-20(24(21)13-14-27-4)17-23(3)12-10-19-8-6-5-7-9-19/h5-9,16,18H,10-15,17H2,1-4H3. The zero-order valence-electron chi connectivity index (χ0n) is 17.5. The summed E-state index contributed by atoms with van der Waals surface area (Å²) in [6.45, 7) is 6.51. The molecule has 0 bridgehead atoms. The minimum atomic E-state index is -3.41. The van der Waals surface area contributed by atoms with Gasteiger partial charge in [0, 0.05) is 26.7 Å². The summed E-state index contributed by atoms with van der Waals surface area (Å²) in [6, 6.07) is 10.3. The summed E-state index contributed by atoms with van der Waals surface area (Å²) in [5.74, 6) is 0.457. The summed E-state index contributed by atoms with van der Waals surface area (Å²) in [7, 11) is 0.257. The molecule has 0 saturated heterocycles. The van der Waals surface area contributed by atoms with Crippen molar-refractivity contribution in [1.29, 1.82) is 0 Å². The number of ether oxygens (including phenoxy) is 1. The highest BCUT2D eigenvalue weighted by atomic mass is 32.2. The van der Waals surface area contributed by atoms with Gasteiger partial charge in [-0.25, -0.2) is 13.4 Å². The van der Waals surface area contributed by atoms with Gasteiger partial charge in [-0.15, -0.1) is 0 Å². The molecule has 1 heterocycles. The van der Waals surface area contributed by atoms with Crippen molar-refractivity contribution in [1.82, 2.24) is 14.5 Å². The van der Waals surface area contributed by atoms with E-state index in [9.17, 15) is 8.42 Å². The summed E-state index contributed by atoms with van der Waals surface area (Å²) in [5, 5.41) is 0.164. The van der Waals surface area contributed by atoms with Crippen molar-refractivity contribution in [2.45, 2.75) is 44.9 Å². The summed E-state index contributed by atoms with van der Waals surface area (Å²) in [4.78, 5) is 6.48. The van der Waals surface area contributed by atoms with Crippen LogP contribution in [-0.2, 0) is 34.1 Å². The molecule has 0 aliphatic carbocycles. The fourth-order valence-electron chi connectivity index (χ4n) is 2.99. The van der Waals surface area contributed by atoms with Crippen LogP contribution in [0.15, 0.2) is 41.7 Å². The smallest absolute Gasteiger partial charge is 0.227 e. The van der Waals surface area contributed by atoms with Crippen LogP contribution in [0.3, 0.4) is 0 Å². The first-order chi connectivity index (χ1) is 13.3. The van der Waals surface area contributed by atoms with Gasteiger partial charge < -0.3 is 14.2 Å². The maximum atomic E-state index is 12.8. The number of hydrogen-bond acceptors (Lipinski definition) is 5. The van der Waals surface area contributed by atoms with Crippen molar-refractivity contribution >= 4 is 9.84 Å². The van der Waals surface area contributed by atoms with E-state index >= 15 is 0 Å². The van der Waals surface area contributed by atoms with E-state index in [-0.39, 0.29) is 10.9 Å². The van der Waals surface area contributed by atoms with Gasteiger partial charge in [-0.1, -0.05) is 44.2 Å². The van der Waals surface area contributed by atoms with E-state index < -0.39 is 9.84 Å². The van der Waals surface area contributed by atoms with Crippen LogP contribution in [-0.4, -0.2) is 55.9 Å². The van der Waals surface area contributed by atoms with E-state index in [2.05, 4.69) is 22.0 Å². The van der Waals surface area contributed by atoms with Crippen LogP contribution in [0.4, 0.5) is 0 Å². The lowest BCUT2D eigenvalue weighted by molar-refractivity contribution is 0.182. The third-order valence-electron chi connectivity index (χ3n) is 4.72. The first-order valence-electron chi connectivity index (χ1n) is 9.82. The molecule has 1 aromatic carbocycles. The summed E-state index contributed by atoms with van der Waals surface area (Å²) in [6.07, 6.45) is 3.27. The number of benzene rings is 1. The van der Waals surface area contributed by atoms with Gasteiger partial charge in [-0.2, -0.15) is 0 Å². The van der Waals surface area contributed by atoms with Gasteiger partial charge in [0.15, 0.2) is 0 Å². The minimum absolute atomic E-state index is 0.123. The third-order valence-corrected chi connectivity index (χ3v) is 6.37. The molecule has 0 radical (unpaired) electrons. The van der Waals surface area contributed by atoms with Crippen LogP contribution in [0.2, 0.25) is 0 Å². The first-order valence-corrected chi connectivity index (χ1v) is 11.5. The van der Waals surface area contributed by atoms with E-state index in [0.29, 0.717) is 32.0 Å². The predicted octanol–water partition coefficient (Wildman–Crippen LogP) is 3.02. The van der Waals surface area contributed by atoms with Crippen molar-refractivity contribution < 1.29 is 13.2 Å². The molecule has 0 amide bonds. The summed E-state index contributed by atoms with van der Waals surface area (Å²) < 4.78 is 32.6. The van der Waals surface area contributed by atoms with Gasteiger partial charge in [0.1, 0.15) is 0 Å². The molecular weight excluding hydrogens is 374 g/mol. The van der Waals surface area contributed by atoms with Crippen molar-refractivity contribution in [2.75, 3.05) is 33.1 Å². The highest BCUT2D eigenvalue weighted by Crippen LogP contribution is 2.17. The Bertz CT molecular complexity index is 817. The molecule has 0 aliphatic heterocycles. The van der Waals surface area contributed by atoms with Crippen LogP contribution in [0, 0.1) is 5.92 Å². The Morgan fingerprint density at radius 2 is 1.93 bits per heavy atom. The Morgan fingerprint density at radius 1 is 1.21 bits per heavy atom. The molecule has 156 valence electrons. The Hall–Kier alpha value is -1.70. The molecule has 6 nitrogen and oxygen atoms in total. The van der Waals surface area contributed by atoms with Gasteiger partial charge in [-0.3, -0.25) is 0 Å². The fourth-order valence-corrected chi connectivity index (χ4v) is 4.71. The zero-order chi connectivity index (χ0) is 20.6. The van der Waals surface area contributed by atoms with Gasteiger partial charge in [0.2, 0.25) is 15.0 Å². The van der Waals surface area contributed by atoms with Crippen LogP contribution in [0.5, 0.6) is 0 Å². The number of hydrogen-bond donors (Lipinski definition) is 0. The molecule has 2 aromatic rings. The Morgan fingerprint density at radius 3 is 2.57 bits per heavy atom. The molecule has 0 spiro atoms. The number of nitrogens with zero attached hydrogens (tertiary/aromatic N) is 3. The molecule has 0 aliphatic rings. The lowest BCUT2D eigenvalue weighted by atomic mass is 10.1. The van der Waals surface area contributed by atoms with E-state index in [0.717, 1.165) is 18.7 Å². The Labute approximate surface area is 169 Å². The van der Waals surface area contributed by atoms with E-state index in [4.69, 9.17) is 4.74 Å². The van der Waals surface area contributed by atoms with Crippen LogP contribution < -0.4 is 0 Å². The number of rotatable bonds is 12. The first kappa shape index (κ1) is 22.6. The third kappa shape index (κ3) is 6.72. The van der Waals surface area contributed by atoms with E-state index in [1.165, 1.54) is 5.56 Å². The molecule has 0 fully saturated rings. The van der Waals surface area contributed by atoms with E-state index in [1.807, 2.05) is 39.1 Å². The fraction of sp³-hybridized carbons (Fsp3) is 0.571. The molecule has 0 saturated carbocycles. The highest BCUT2D eigenvalue weighted by Gasteiger charge is 2.23. The van der Waals surface area contributed by atoms with Gasteiger partial charge in [0.05, 0.1) is 24.3 Å². The highest BCUT2D eigenvalue weighted by molar-refractivity contribution is 7.91. The van der Waals surface area contributed by atoms with Crippen molar-refractivity contribution in [3.8, 4) is 0 Å². The maximum absolute atomic E-state index is 12.8. The number of imidazole rings is 1. The van der Waals surface area contributed by atoms with Gasteiger partial charge in [-0.05, 0) is 31.4 Å². The lowest BCUT2D eigenvalue weighted by Gasteiger charge is -2.19. The molecule has 28 heavy (non-hydrogen) atoms. The van der Waals surface area contributed by atoms with E-state index in [1.54, 1.807) is 17.9 Å². The molecule has 1 aromatic heterocycles. The monoisotopic (exact) mass is 407 g/mol. The zero-order valence-corrected chi connectivity index (χ0v) is 18.3. The van der Waals surface area contributed by atoms with Crippen LogP contribution in [0.25, 0.3) is 0 Å². The normalized spacial score (nSPS) is 12.2. The number of aromatic nitrogens is 2. The SMILES string of the molecule is COCCn1c(CN(C)CCc2ccccc2)cnc1S(=O)(=O)CCC(C)C. The second kappa shape index (κ2) is 10.7. The van der Waals surface area contributed by atoms with Crippen LogP contribution in [0.1, 0.15) is 31.5 Å². The minimum Gasteiger partial charge on any atom is -0.383 e. The largest absolute Gasteiger partial charge is 0.383 e. The molecule has 0 N–H and O–H groups in total. The molecule has 7 heteroatoms. The van der Waals surface area contributed by atoms with Crippen molar-refractivity contribution in [3.63, 3.8) is 0 Å². The molecular formula is C21H33N3O3S. The second-order valence-electron chi connectivity index (χ2n) is 7.65. The molecule has 0 unspecified atom stereocenters. The summed E-state index contributed by atoms with van der Waals surface area (Å²) in [5.41, 5.74) is 2.19. The maximum Gasteiger partial charge on any atom is 0.227 e. The topological polar surface area (TPSA) is 64.4 Å². The molecule has 0 atom stereocenters. The van der Waals surface area contributed by atoms with Crippen molar-refractivity contribution in [2.24, 2.45) is 5.92 Å². The number of likely N-dealkylation sites (N-methyl/N-ethyl adjacent to an activating group) is 1. The van der Waals surface area contributed by atoms with Gasteiger partial charge >= 0.3 is 0 Å². The average Bonchev–Trinajstić information content (AvgIpc) is 3.07. The summed E-state index contributed by atoms with van der Waals surface area (Å²) >= 11 is 0. The van der Waals surface area contributed by atoms with Crippen LogP contribution >= 0.6 is 0 Å². The molecule has 2 rings (SSSR count). The predicted molar refractivity (Wildman–Crippen MR) is 112 cm³/mol. The van der Waals surface area contributed by atoms with Gasteiger partial charge in [0.25, 0.3) is 0 Å². The average molecular weight is 408 g/mol. The number of methoxy groups -OCH3 is 1. The Balaban J connectivity index is 2.11. The lowest BCUT2D eigenvalue weighted by Crippen LogP contribution is -2.24.